The number of aromatic nitrogens is 2. The van der Waals surface area contributed by atoms with Crippen LogP contribution >= 0.6 is 0 Å². The first-order chi connectivity index (χ1) is 11.1. The largest absolute Gasteiger partial charge is 0.480 e. The third-order valence-corrected chi connectivity index (χ3v) is 4.40. The first-order valence-electron chi connectivity index (χ1n) is 7.88. The van der Waals surface area contributed by atoms with Crippen molar-refractivity contribution < 1.29 is 14.7 Å². The summed E-state index contributed by atoms with van der Waals surface area (Å²) in [7, 11) is 0. The van der Waals surface area contributed by atoms with Crippen molar-refractivity contribution in [2.24, 2.45) is 0 Å². The Kier molecular flexibility index (Phi) is 4.23. The van der Waals surface area contributed by atoms with Crippen LogP contribution in [0.15, 0.2) is 30.5 Å². The lowest BCUT2D eigenvalue weighted by molar-refractivity contribution is -0.145. The van der Waals surface area contributed by atoms with Gasteiger partial charge in [0.1, 0.15) is 11.2 Å². The van der Waals surface area contributed by atoms with Crippen molar-refractivity contribution in [3.63, 3.8) is 0 Å². The van der Waals surface area contributed by atoms with E-state index < -0.39 is 17.4 Å². The minimum atomic E-state index is -1.19. The van der Waals surface area contributed by atoms with Gasteiger partial charge in [0, 0.05) is 0 Å². The molecule has 1 aromatic carbocycles. The summed E-state index contributed by atoms with van der Waals surface area (Å²) in [6.45, 7) is 0. The zero-order valence-electron chi connectivity index (χ0n) is 12.8. The highest BCUT2D eigenvalue weighted by molar-refractivity contribution is 5.97. The molecule has 2 N–H and O–H groups in total. The van der Waals surface area contributed by atoms with Crippen molar-refractivity contribution in [1.82, 2.24) is 15.3 Å². The summed E-state index contributed by atoms with van der Waals surface area (Å²) in [5, 5.41) is 12.3. The topological polar surface area (TPSA) is 92.2 Å². The molecule has 1 aliphatic carbocycles. The number of nitrogens with one attached hydrogen (secondary N) is 1. The number of para-hydroxylation sites is 2. The van der Waals surface area contributed by atoms with E-state index in [4.69, 9.17) is 0 Å². The van der Waals surface area contributed by atoms with Gasteiger partial charge < -0.3 is 10.4 Å². The van der Waals surface area contributed by atoms with Crippen molar-refractivity contribution in [3.05, 3.63) is 36.2 Å². The van der Waals surface area contributed by atoms with E-state index in [1.807, 2.05) is 18.2 Å². The number of aliphatic carboxylic acids is 1. The van der Waals surface area contributed by atoms with E-state index in [9.17, 15) is 14.7 Å². The lowest BCUT2D eigenvalue weighted by Gasteiger charge is -2.29. The molecule has 0 spiro atoms. The van der Waals surface area contributed by atoms with E-state index in [1.54, 1.807) is 6.07 Å². The van der Waals surface area contributed by atoms with E-state index in [0.717, 1.165) is 25.7 Å². The first-order valence-corrected chi connectivity index (χ1v) is 7.88. The molecule has 0 aliphatic heterocycles. The number of carbonyl (C=O) groups excluding carboxylic acids is 1. The molecule has 2 aromatic rings. The van der Waals surface area contributed by atoms with Crippen LogP contribution in [0.3, 0.4) is 0 Å². The predicted molar refractivity (Wildman–Crippen MR) is 85.1 cm³/mol. The number of hydrogen-bond acceptors (Lipinski definition) is 4. The summed E-state index contributed by atoms with van der Waals surface area (Å²) in [6, 6.07) is 7.26. The first kappa shape index (κ1) is 15.4. The van der Waals surface area contributed by atoms with Gasteiger partial charge in [-0.2, -0.15) is 0 Å². The fourth-order valence-electron chi connectivity index (χ4n) is 3.07. The van der Waals surface area contributed by atoms with Crippen LogP contribution in [0.2, 0.25) is 0 Å². The minimum Gasteiger partial charge on any atom is -0.480 e. The molecule has 1 amide bonds. The minimum absolute atomic E-state index is 0.147. The number of rotatable bonds is 3. The highest BCUT2D eigenvalue weighted by Gasteiger charge is 2.40. The number of amides is 1. The molecule has 1 aromatic heterocycles. The second-order valence-corrected chi connectivity index (χ2v) is 6.00. The molecule has 3 rings (SSSR count). The number of hydrogen-bond donors (Lipinski definition) is 2. The average Bonchev–Trinajstić information content (AvgIpc) is 2.81. The molecule has 1 aliphatic rings. The van der Waals surface area contributed by atoms with E-state index in [2.05, 4.69) is 15.3 Å². The molecule has 6 heteroatoms. The Hall–Kier alpha value is -2.50. The van der Waals surface area contributed by atoms with Crippen LogP contribution in [-0.4, -0.2) is 32.5 Å². The lowest BCUT2D eigenvalue weighted by atomic mass is 9.90. The van der Waals surface area contributed by atoms with Crippen LogP contribution in [0.25, 0.3) is 11.0 Å². The Labute approximate surface area is 133 Å². The van der Waals surface area contributed by atoms with Crippen LogP contribution in [0.4, 0.5) is 0 Å². The quantitative estimate of drug-likeness (QED) is 0.850. The lowest BCUT2D eigenvalue weighted by Crippen LogP contribution is -2.54. The van der Waals surface area contributed by atoms with Gasteiger partial charge in [-0.25, -0.2) is 9.78 Å². The third kappa shape index (κ3) is 3.16. The highest BCUT2D eigenvalue weighted by Crippen LogP contribution is 2.28. The van der Waals surface area contributed by atoms with E-state index >= 15 is 0 Å². The van der Waals surface area contributed by atoms with Crippen molar-refractivity contribution >= 4 is 22.9 Å². The smallest absolute Gasteiger partial charge is 0.329 e. The Balaban J connectivity index is 1.86. The Morgan fingerprint density at radius 1 is 1.04 bits per heavy atom. The standard InChI is InChI=1S/C17H19N3O3/c21-15(14-11-18-12-7-3-4-8-13(12)19-14)20-17(16(22)23)9-5-1-2-6-10-17/h3-4,7-8,11H,1-2,5-6,9-10H2,(H,20,21)(H,22,23). The Morgan fingerprint density at radius 2 is 1.70 bits per heavy atom. The monoisotopic (exact) mass is 313 g/mol. The third-order valence-electron chi connectivity index (χ3n) is 4.40. The maximum atomic E-state index is 12.5. The van der Waals surface area contributed by atoms with Gasteiger partial charge in [-0.05, 0) is 25.0 Å². The molecule has 0 saturated heterocycles. The van der Waals surface area contributed by atoms with Crippen LogP contribution in [-0.2, 0) is 4.79 Å². The van der Waals surface area contributed by atoms with Gasteiger partial charge >= 0.3 is 5.97 Å². The zero-order chi connectivity index (χ0) is 16.3. The van der Waals surface area contributed by atoms with Gasteiger partial charge in [-0.15, -0.1) is 0 Å². The van der Waals surface area contributed by atoms with Gasteiger partial charge in [0.2, 0.25) is 0 Å². The van der Waals surface area contributed by atoms with Crippen LogP contribution < -0.4 is 5.32 Å². The molecular formula is C17H19N3O3. The molecule has 1 saturated carbocycles. The fraction of sp³-hybridized carbons (Fsp3) is 0.412. The molecule has 0 unspecified atom stereocenters. The van der Waals surface area contributed by atoms with Crippen molar-refractivity contribution in [3.8, 4) is 0 Å². The molecule has 0 radical (unpaired) electrons. The second kappa shape index (κ2) is 6.32. The van der Waals surface area contributed by atoms with Gasteiger partial charge in [-0.1, -0.05) is 37.8 Å². The molecule has 0 atom stereocenters. The van der Waals surface area contributed by atoms with Crippen LogP contribution in [0.5, 0.6) is 0 Å². The number of nitrogens with zero attached hydrogens (tertiary/aromatic N) is 2. The van der Waals surface area contributed by atoms with Gasteiger partial charge in [0.25, 0.3) is 5.91 Å². The van der Waals surface area contributed by atoms with Gasteiger partial charge in [0.05, 0.1) is 17.2 Å². The van der Waals surface area contributed by atoms with E-state index in [0.29, 0.717) is 23.9 Å². The molecule has 1 fully saturated rings. The predicted octanol–water partition coefficient (Wildman–Crippen LogP) is 2.54. The second-order valence-electron chi connectivity index (χ2n) is 6.00. The van der Waals surface area contributed by atoms with Gasteiger partial charge in [-0.3, -0.25) is 9.78 Å². The molecule has 23 heavy (non-hydrogen) atoms. The highest BCUT2D eigenvalue weighted by atomic mass is 16.4. The maximum Gasteiger partial charge on any atom is 0.329 e. The Morgan fingerprint density at radius 3 is 2.35 bits per heavy atom. The molecule has 1 heterocycles. The summed E-state index contributed by atoms with van der Waals surface area (Å²) in [5.74, 6) is -1.45. The summed E-state index contributed by atoms with van der Waals surface area (Å²) < 4.78 is 0. The van der Waals surface area contributed by atoms with Crippen LogP contribution in [0.1, 0.15) is 49.0 Å². The summed E-state index contributed by atoms with van der Waals surface area (Å²) in [6.07, 6.45) is 5.90. The van der Waals surface area contributed by atoms with Gasteiger partial charge in [0.15, 0.2) is 0 Å². The SMILES string of the molecule is O=C(NC1(C(=O)O)CCCCCC1)c1cnc2ccccc2n1. The van der Waals surface area contributed by atoms with E-state index in [1.165, 1.54) is 6.20 Å². The van der Waals surface area contributed by atoms with Crippen molar-refractivity contribution in [2.45, 2.75) is 44.1 Å². The number of benzene rings is 1. The summed E-state index contributed by atoms with van der Waals surface area (Å²) >= 11 is 0. The molecular weight excluding hydrogens is 294 g/mol. The van der Waals surface area contributed by atoms with Crippen molar-refractivity contribution in [1.29, 1.82) is 0 Å². The zero-order valence-corrected chi connectivity index (χ0v) is 12.8. The summed E-state index contributed by atoms with van der Waals surface area (Å²) in [5.41, 5.74) is 0.270. The molecule has 120 valence electrons. The number of carboxylic acid groups (broad SMARTS) is 1. The number of carboxylic acids is 1. The maximum absolute atomic E-state index is 12.5. The van der Waals surface area contributed by atoms with E-state index in [-0.39, 0.29) is 5.69 Å². The van der Waals surface area contributed by atoms with Crippen LogP contribution in [0, 0.1) is 0 Å². The number of fused-ring (bicyclic) bond motifs is 1. The summed E-state index contributed by atoms with van der Waals surface area (Å²) in [4.78, 5) is 32.8. The van der Waals surface area contributed by atoms with Crippen molar-refractivity contribution in [2.75, 3.05) is 0 Å². The fourth-order valence-corrected chi connectivity index (χ4v) is 3.07. The molecule has 0 bridgehead atoms. The number of carbonyl (C=O) groups is 2. The normalized spacial score (nSPS) is 17.4. The average molecular weight is 313 g/mol. The molecule has 6 nitrogen and oxygen atoms in total. The Bertz CT molecular complexity index is 737.